The number of nitrogens with two attached hydrogens (primary N) is 1. The van der Waals surface area contributed by atoms with E-state index in [1.165, 1.54) is 0 Å². The SMILES string of the molecule is Cc1cc(-c2ccc3c(c2)OCCCO3)nnc1N. The van der Waals surface area contributed by atoms with Crippen molar-refractivity contribution >= 4 is 5.82 Å². The third-order valence-electron chi connectivity index (χ3n) is 3.07. The molecule has 0 saturated carbocycles. The smallest absolute Gasteiger partial charge is 0.161 e. The number of hydrogen-bond acceptors (Lipinski definition) is 5. The summed E-state index contributed by atoms with van der Waals surface area (Å²) in [4.78, 5) is 0. The first-order chi connectivity index (χ1) is 9.24. The van der Waals surface area contributed by atoms with E-state index in [2.05, 4.69) is 10.2 Å². The van der Waals surface area contributed by atoms with E-state index >= 15 is 0 Å². The zero-order valence-electron chi connectivity index (χ0n) is 10.7. The summed E-state index contributed by atoms with van der Waals surface area (Å²) in [5.74, 6) is 1.99. The Morgan fingerprint density at radius 1 is 1.05 bits per heavy atom. The minimum atomic E-state index is 0.457. The molecule has 0 spiro atoms. The van der Waals surface area contributed by atoms with Crippen molar-refractivity contribution in [3.8, 4) is 22.8 Å². The monoisotopic (exact) mass is 257 g/mol. The topological polar surface area (TPSA) is 70.3 Å². The predicted molar refractivity (Wildman–Crippen MR) is 72.2 cm³/mol. The summed E-state index contributed by atoms with van der Waals surface area (Å²) in [7, 11) is 0. The van der Waals surface area contributed by atoms with Crippen LogP contribution in [0.15, 0.2) is 24.3 Å². The highest BCUT2D eigenvalue weighted by Crippen LogP contribution is 2.33. The van der Waals surface area contributed by atoms with Crippen molar-refractivity contribution in [2.45, 2.75) is 13.3 Å². The fraction of sp³-hybridized carbons (Fsp3) is 0.286. The number of anilines is 1. The van der Waals surface area contributed by atoms with Crippen LogP contribution in [0.1, 0.15) is 12.0 Å². The van der Waals surface area contributed by atoms with E-state index in [-0.39, 0.29) is 0 Å². The number of rotatable bonds is 1. The Bertz CT molecular complexity index is 614. The molecule has 98 valence electrons. The molecule has 0 bridgehead atoms. The highest BCUT2D eigenvalue weighted by atomic mass is 16.5. The zero-order chi connectivity index (χ0) is 13.2. The lowest BCUT2D eigenvalue weighted by molar-refractivity contribution is 0.297. The molecule has 0 atom stereocenters. The largest absolute Gasteiger partial charge is 0.490 e. The fourth-order valence-electron chi connectivity index (χ4n) is 1.96. The van der Waals surface area contributed by atoms with Crippen LogP contribution >= 0.6 is 0 Å². The lowest BCUT2D eigenvalue weighted by atomic mass is 10.1. The van der Waals surface area contributed by atoms with Gasteiger partial charge in [0.15, 0.2) is 11.5 Å². The van der Waals surface area contributed by atoms with Crippen molar-refractivity contribution in [2.24, 2.45) is 0 Å². The maximum absolute atomic E-state index is 5.68. The molecule has 1 aromatic carbocycles. The standard InChI is InChI=1S/C14H15N3O2/c1-9-7-11(16-17-14(9)15)10-3-4-12-13(8-10)19-6-2-5-18-12/h3-4,7-8H,2,5-6H2,1H3,(H2,15,17). The van der Waals surface area contributed by atoms with Crippen LogP contribution in [0.25, 0.3) is 11.3 Å². The molecule has 0 unspecified atom stereocenters. The average molecular weight is 257 g/mol. The maximum Gasteiger partial charge on any atom is 0.161 e. The Balaban J connectivity index is 2.01. The van der Waals surface area contributed by atoms with E-state index in [0.717, 1.165) is 34.7 Å². The third-order valence-corrected chi connectivity index (χ3v) is 3.07. The second-order valence-corrected chi connectivity index (χ2v) is 4.51. The van der Waals surface area contributed by atoms with Gasteiger partial charge in [0.2, 0.25) is 0 Å². The van der Waals surface area contributed by atoms with E-state index in [9.17, 15) is 0 Å². The van der Waals surface area contributed by atoms with Crippen molar-refractivity contribution in [2.75, 3.05) is 18.9 Å². The van der Waals surface area contributed by atoms with E-state index < -0.39 is 0 Å². The maximum atomic E-state index is 5.68. The van der Waals surface area contributed by atoms with Crippen molar-refractivity contribution < 1.29 is 9.47 Å². The molecular formula is C14H15N3O2. The quantitative estimate of drug-likeness (QED) is 0.848. The summed E-state index contributed by atoms with van der Waals surface area (Å²) < 4.78 is 11.3. The van der Waals surface area contributed by atoms with Crippen molar-refractivity contribution in [3.63, 3.8) is 0 Å². The first kappa shape index (κ1) is 11.8. The van der Waals surface area contributed by atoms with E-state index in [1.807, 2.05) is 31.2 Å². The van der Waals surface area contributed by atoms with Crippen LogP contribution in [0.4, 0.5) is 5.82 Å². The number of hydrogen-bond donors (Lipinski definition) is 1. The van der Waals surface area contributed by atoms with Crippen molar-refractivity contribution in [3.05, 3.63) is 29.8 Å². The minimum absolute atomic E-state index is 0.457. The van der Waals surface area contributed by atoms with E-state index in [4.69, 9.17) is 15.2 Å². The van der Waals surface area contributed by atoms with Crippen molar-refractivity contribution in [1.29, 1.82) is 0 Å². The van der Waals surface area contributed by atoms with Crippen LogP contribution < -0.4 is 15.2 Å². The highest BCUT2D eigenvalue weighted by molar-refractivity contribution is 5.65. The van der Waals surface area contributed by atoms with Gasteiger partial charge in [-0.05, 0) is 36.8 Å². The fourth-order valence-corrected chi connectivity index (χ4v) is 1.96. The van der Waals surface area contributed by atoms with Crippen LogP contribution in [-0.4, -0.2) is 23.4 Å². The summed E-state index contributed by atoms with van der Waals surface area (Å²) >= 11 is 0. The lowest BCUT2D eigenvalue weighted by Gasteiger charge is -2.09. The molecule has 5 nitrogen and oxygen atoms in total. The third kappa shape index (κ3) is 2.31. The average Bonchev–Trinajstić information content (AvgIpc) is 2.66. The molecule has 5 heteroatoms. The van der Waals surface area contributed by atoms with Gasteiger partial charge in [0, 0.05) is 12.0 Å². The number of aromatic nitrogens is 2. The molecule has 0 amide bonds. The molecule has 2 heterocycles. The van der Waals surface area contributed by atoms with Gasteiger partial charge < -0.3 is 15.2 Å². The molecular weight excluding hydrogens is 242 g/mol. The number of nitrogen functional groups attached to an aromatic ring is 1. The molecule has 0 aliphatic carbocycles. The molecule has 2 N–H and O–H groups in total. The second-order valence-electron chi connectivity index (χ2n) is 4.51. The number of benzene rings is 1. The Morgan fingerprint density at radius 2 is 1.84 bits per heavy atom. The van der Waals surface area contributed by atoms with Gasteiger partial charge in [-0.2, -0.15) is 0 Å². The Kier molecular flexibility index (Phi) is 2.95. The number of ether oxygens (including phenoxy) is 2. The Labute approximate surface area is 111 Å². The summed E-state index contributed by atoms with van der Waals surface area (Å²) in [5, 5.41) is 8.05. The van der Waals surface area contributed by atoms with Gasteiger partial charge in [0.05, 0.1) is 18.9 Å². The van der Waals surface area contributed by atoms with Crippen LogP contribution in [0.5, 0.6) is 11.5 Å². The Hall–Kier alpha value is -2.30. The Morgan fingerprint density at radius 3 is 2.63 bits per heavy atom. The summed E-state index contributed by atoms with van der Waals surface area (Å²) in [6, 6.07) is 7.71. The van der Waals surface area contributed by atoms with Gasteiger partial charge in [-0.15, -0.1) is 10.2 Å². The first-order valence-corrected chi connectivity index (χ1v) is 6.24. The van der Waals surface area contributed by atoms with Crippen LogP contribution in [0, 0.1) is 6.92 Å². The van der Waals surface area contributed by atoms with Crippen molar-refractivity contribution in [1.82, 2.24) is 10.2 Å². The van der Waals surface area contributed by atoms with Crippen LogP contribution in [-0.2, 0) is 0 Å². The molecule has 19 heavy (non-hydrogen) atoms. The molecule has 1 aliphatic rings. The molecule has 3 rings (SSSR count). The van der Waals surface area contributed by atoms with E-state index in [0.29, 0.717) is 19.0 Å². The zero-order valence-corrected chi connectivity index (χ0v) is 10.7. The van der Waals surface area contributed by atoms with Crippen LogP contribution in [0.3, 0.4) is 0 Å². The molecule has 0 radical (unpaired) electrons. The van der Waals surface area contributed by atoms with Gasteiger partial charge >= 0.3 is 0 Å². The highest BCUT2D eigenvalue weighted by Gasteiger charge is 2.12. The molecule has 0 saturated heterocycles. The van der Waals surface area contributed by atoms with E-state index in [1.54, 1.807) is 0 Å². The van der Waals surface area contributed by atoms with Crippen LogP contribution in [0.2, 0.25) is 0 Å². The number of nitrogens with zero attached hydrogens (tertiary/aromatic N) is 2. The molecule has 2 aromatic rings. The predicted octanol–water partition coefficient (Wildman–Crippen LogP) is 2.20. The number of fused-ring (bicyclic) bond motifs is 1. The molecule has 1 aromatic heterocycles. The second kappa shape index (κ2) is 4.76. The normalized spacial score (nSPS) is 13.9. The lowest BCUT2D eigenvalue weighted by Crippen LogP contribution is -1.98. The molecule has 1 aliphatic heterocycles. The van der Waals surface area contributed by atoms with Gasteiger partial charge in [0.1, 0.15) is 5.82 Å². The molecule has 0 fully saturated rings. The van der Waals surface area contributed by atoms with Gasteiger partial charge in [0.25, 0.3) is 0 Å². The van der Waals surface area contributed by atoms with Gasteiger partial charge in [-0.3, -0.25) is 0 Å². The first-order valence-electron chi connectivity index (χ1n) is 6.24. The summed E-state index contributed by atoms with van der Waals surface area (Å²) in [6.07, 6.45) is 0.894. The summed E-state index contributed by atoms with van der Waals surface area (Å²) in [5.41, 5.74) is 8.32. The van der Waals surface area contributed by atoms with Gasteiger partial charge in [-0.1, -0.05) is 0 Å². The summed E-state index contributed by atoms with van der Waals surface area (Å²) in [6.45, 7) is 3.27. The minimum Gasteiger partial charge on any atom is -0.490 e. The van der Waals surface area contributed by atoms with Gasteiger partial charge in [-0.25, -0.2) is 0 Å². The number of aryl methyl sites for hydroxylation is 1.